The summed E-state index contributed by atoms with van der Waals surface area (Å²) < 4.78 is 0. The van der Waals surface area contributed by atoms with E-state index in [1.807, 2.05) is 32.1 Å². The lowest BCUT2D eigenvalue weighted by molar-refractivity contribution is 0.199. The van der Waals surface area contributed by atoms with Crippen molar-refractivity contribution in [1.29, 1.82) is 0 Å². The molecule has 0 spiro atoms. The van der Waals surface area contributed by atoms with Crippen LogP contribution >= 0.6 is 0 Å². The van der Waals surface area contributed by atoms with Gasteiger partial charge in [-0.1, -0.05) is 63.3 Å². The van der Waals surface area contributed by atoms with Crippen molar-refractivity contribution in [3.05, 3.63) is 59.2 Å². The molecular weight excluding hydrogens is 300 g/mol. The van der Waals surface area contributed by atoms with Crippen LogP contribution in [0.3, 0.4) is 0 Å². The van der Waals surface area contributed by atoms with Crippen LogP contribution in [0.2, 0.25) is 0 Å². The molecule has 0 fully saturated rings. The Labute approximate surface area is 145 Å². The van der Waals surface area contributed by atoms with Crippen LogP contribution in [-0.4, -0.2) is 28.0 Å². The van der Waals surface area contributed by atoms with Gasteiger partial charge in [-0.25, -0.2) is 0 Å². The third-order valence-electron chi connectivity index (χ3n) is 4.23. The first kappa shape index (κ1) is 20.2. The lowest BCUT2D eigenvalue weighted by Gasteiger charge is -2.20. The van der Waals surface area contributed by atoms with Gasteiger partial charge < -0.3 is 15.3 Å². The Bertz CT molecular complexity index is 597. The predicted molar refractivity (Wildman–Crippen MR) is 101 cm³/mol. The molecule has 3 heteroatoms. The molecule has 0 bridgehead atoms. The van der Waals surface area contributed by atoms with E-state index in [4.69, 9.17) is 0 Å². The van der Waals surface area contributed by atoms with Gasteiger partial charge in [-0.2, -0.15) is 0 Å². The Morgan fingerprint density at radius 3 is 2.46 bits per heavy atom. The number of aliphatic hydroxyl groups is 2. The second-order valence-electron chi connectivity index (χ2n) is 6.29. The molecule has 1 atom stereocenters. The first-order valence-electron chi connectivity index (χ1n) is 8.56. The molecule has 3 N–H and O–H groups in total. The van der Waals surface area contributed by atoms with Gasteiger partial charge in [-0.3, -0.25) is 0 Å². The van der Waals surface area contributed by atoms with Crippen molar-refractivity contribution in [3.63, 3.8) is 0 Å². The summed E-state index contributed by atoms with van der Waals surface area (Å²) in [6.45, 7) is 10.0. The van der Waals surface area contributed by atoms with E-state index in [2.05, 4.69) is 13.5 Å². The summed E-state index contributed by atoms with van der Waals surface area (Å²) in [6.07, 6.45) is 5.11. The van der Waals surface area contributed by atoms with E-state index in [0.29, 0.717) is 6.42 Å². The van der Waals surface area contributed by atoms with Crippen LogP contribution in [0.25, 0.3) is 6.08 Å². The number of rotatable bonds is 9. The van der Waals surface area contributed by atoms with E-state index in [9.17, 15) is 15.3 Å². The highest BCUT2D eigenvalue weighted by atomic mass is 16.3. The molecule has 0 aromatic heterocycles. The molecule has 1 aromatic carbocycles. The van der Waals surface area contributed by atoms with Crippen molar-refractivity contribution in [3.8, 4) is 5.75 Å². The van der Waals surface area contributed by atoms with Crippen molar-refractivity contribution >= 4 is 6.08 Å². The van der Waals surface area contributed by atoms with E-state index in [1.165, 1.54) is 0 Å². The Balaban J connectivity index is 2.82. The van der Waals surface area contributed by atoms with Crippen molar-refractivity contribution in [2.24, 2.45) is 5.92 Å². The molecule has 0 amide bonds. The van der Waals surface area contributed by atoms with Crippen molar-refractivity contribution in [1.82, 2.24) is 0 Å². The van der Waals surface area contributed by atoms with Gasteiger partial charge in [0.2, 0.25) is 0 Å². The predicted octanol–water partition coefficient (Wildman–Crippen LogP) is 4.46. The summed E-state index contributed by atoms with van der Waals surface area (Å²) in [5, 5.41) is 29.6. The summed E-state index contributed by atoms with van der Waals surface area (Å²) in [6, 6.07) is 7.23. The highest BCUT2D eigenvalue weighted by Gasteiger charge is 2.16. The molecule has 132 valence electrons. The normalized spacial score (nSPS) is 14.1. The molecule has 0 saturated carbocycles. The molecule has 24 heavy (non-hydrogen) atoms. The molecule has 0 aliphatic rings. The van der Waals surface area contributed by atoms with Crippen LogP contribution in [0.15, 0.2) is 53.6 Å². The van der Waals surface area contributed by atoms with Gasteiger partial charge in [0.25, 0.3) is 0 Å². The van der Waals surface area contributed by atoms with Crippen LogP contribution in [-0.2, 0) is 0 Å². The highest BCUT2D eigenvalue weighted by molar-refractivity contribution is 5.59. The van der Waals surface area contributed by atoms with Crippen LogP contribution in [0.1, 0.15) is 45.6 Å². The smallest absolute Gasteiger partial charge is 0.122 e. The molecular formula is C21H30O3. The first-order valence-corrected chi connectivity index (χ1v) is 8.56. The molecule has 3 nitrogen and oxygen atoms in total. The molecule has 1 aromatic rings. The minimum Gasteiger partial charge on any atom is -0.507 e. The number of hydrogen-bond donors (Lipinski definition) is 3. The zero-order valence-electron chi connectivity index (χ0n) is 15.0. The molecule has 0 radical (unpaired) electrons. The number of allylic oxidation sites excluding steroid dienone is 1. The third-order valence-corrected chi connectivity index (χ3v) is 4.23. The molecule has 1 rings (SSSR count). The fraction of sp³-hybridized carbons (Fsp3) is 0.429. The first-order chi connectivity index (χ1) is 11.4. The average molecular weight is 330 g/mol. The quantitative estimate of drug-likeness (QED) is 0.586. The minimum absolute atomic E-state index is 0.105. The molecule has 0 heterocycles. The molecule has 0 aliphatic carbocycles. The monoisotopic (exact) mass is 330 g/mol. The van der Waals surface area contributed by atoms with E-state index in [-0.39, 0.29) is 18.3 Å². The Hall–Kier alpha value is -1.84. The van der Waals surface area contributed by atoms with Gasteiger partial charge in [0.05, 0.1) is 12.7 Å². The minimum atomic E-state index is -0.647. The zero-order chi connectivity index (χ0) is 18.1. The van der Waals surface area contributed by atoms with Crippen molar-refractivity contribution < 1.29 is 15.3 Å². The highest BCUT2D eigenvalue weighted by Crippen LogP contribution is 2.26. The summed E-state index contributed by atoms with van der Waals surface area (Å²) >= 11 is 0. The maximum absolute atomic E-state index is 10.5. The Morgan fingerprint density at radius 1 is 1.25 bits per heavy atom. The van der Waals surface area contributed by atoms with E-state index >= 15 is 0 Å². The lowest BCUT2D eigenvalue weighted by Crippen LogP contribution is -2.15. The summed E-state index contributed by atoms with van der Waals surface area (Å²) in [7, 11) is 0. The lowest BCUT2D eigenvalue weighted by atomic mass is 9.89. The van der Waals surface area contributed by atoms with Gasteiger partial charge in [0, 0.05) is 5.56 Å². The molecule has 1 unspecified atom stereocenters. The maximum Gasteiger partial charge on any atom is 0.122 e. The van der Waals surface area contributed by atoms with Crippen molar-refractivity contribution in [2.75, 3.05) is 6.61 Å². The SMILES string of the molecule is C=C(/C(=C/CO)C(O)CC/C(=C/c1ccccc1O)CC)C(C)C. The topological polar surface area (TPSA) is 60.7 Å². The number of hydrogen-bond acceptors (Lipinski definition) is 3. The van der Waals surface area contributed by atoms with Gasteiger partial charge >= 0.3 is 0 Å². The summed E-state index contributed by atoms with van der Waals surface area (Å²) in [5.41, 5.74) is 3.54. The number of phenolic OH excluding ortho intramolecular Hbond substituents is 1. The van der Waals surface area contributed by atoms with Crippen LogP contribution in [0.4, 0.5) is 0 Å². The average Bonchev–Trinajstić information content (AvgIpc) is 2.57. The zero-order valence-corrected chi connectivity index (χ0v) is 15.0. The largest absolute Gasteiger partial charge is 0.507 e. The Kier molecular flexibility index (Phi) is 8.51. The van der Waals surface area contributed by atoms with Crippen LogP contribution in [0, 0.1) is 5.92 Å². The second kappa shape index (κ2) is 10.1. The number of aromatic hydroxyl groups is 1. The fourth-order valence-electron chi connectivity index (χ4n) is 2.57. The van der Waals surface area contributed by atoms with Gasteiger partial charge in [0.1, 0.15) is 5.75 Å². The fourth-order valence-corrected chi connectivity index (χ4v) is 2.57. The Morgan fingerprint density at radius 2 is 1.92 bits per heavy atom. The summed E-state index contributed by atoms with van der Waals surface area (Å²) in [4.78, 5) is 0. The van der Waals surface area contributed by atoms with E-state index in [0.717, 1.165) is 35.1 Å². The molecule has 0 saturated heterocycles. The number of aliphatic hydroxyl groups excluding tert-OH is 2. The van der Waals surface area contributed by atoms with Gasteiger partial charge in [0.15, 0.2) is 0 Å². The van der Waals surface area contributed by atoms with E-state index in [1.54, 1.807) is 18.2 Å². The maximum atomic E-state index is 10.5. The number of para-hydroxylation sites is 1. The third kappa shape index (κ3) is 5.99. The number of phenols is 1. The van der Waals surface area contributed by atoms with Gasteiger partial charge in [-0.15, -0.1) is 0 Å². The van der Waals surface area contributed by atoms with E-state index < -0.39 is 6.10 Å². The molecule has 0 aliphatic heterocycles. The van der Waals surface area contributed by atoms with Crippen LogP contribution < -0.4 is 0 Å². The second-order valence-corrected chi connectivity index (χ2v) is 6.29. The number of benzene rings is 1. The summed E-state index contributed by atoms with van der Waals surface area (Å²) in [5.74, 6) is 0.484. The van der Waals surface area contributed by atoms with Crippen LogP contribution in [0.5, 0.6) is 5.75 Å². The van der Waals surface area contributed by atoms with Crippen molar-refractivity contribution in [2.45, 2.75) is 46.1 Å². The van der Waals surface area contributed by atoms with Gasteiger partial charge in [-0.05, 0) is 42.4 Å². The standard InChI is InChI=1S/C21H30O3/c1-5-17(14-18-8-6-7-9-20(18)23)10-11-21(24)19(12-13-22)16(4)15(2)3/h6-9,12,14-15,21-24H,4-5,10-11,13H2,1-3H3/b17-14+,19-12-.